The highest BCUT2D eigenvalue weighted by molar-refractivity contribution is 7.86. The van der Waals surface area contributed by atoms with Crippen LogP contribution in [0.15, 0.2) is 21.8 Å². The molecule has 104 valence electrons. The van der Waals surface area contributed by atoms with Crippen LogP contribution in [0.2, 0.25) is 0 Å². The molecule has 1 N–H and O–H groups in total. The molecule has 0 aliphatic rings. The maximum absolute atomic E-state index is 11.8. The first-order valence-corrected chi connectivity index (χ1v) is 7.01. The molecule has 1 heterocycles. The van der Waals surface area contributed by atoms with Gasteiger partial charge in [-0.2, -0.15) is 8.42 Å². The average Bonchev–Trinajstić information content (AvgIpc) is 2.53. The van der Waals surface area contributed by atoms with Crippen molar-refractivity contribution in [3.63, 3.8) is 0 Å². The van der Waals surface area contributed by atoms with E-state index in [-0.39, 0.29) is 22.9 Å². The Bertz CT molecular complexity index is 801. The number of nitrogens with zero attached hydrogens (tertiary/aromatic N) is 2. The van der Waals surface area contributed by atoms with Crippen molar-refractivity contribution in [1.29, 1.82) is 0 Å². The molecule has 0 fully saturated rings. The van der Waals surface area contributed by atoms with Crippen LogP contribution in [0.3, 0.4) is 0 Å². The molecular weight excluding hydrogens is 272 g/mol. The molecule has 1 aromatic heterocycles. The highest BCUT2D eigenvalue weighted by Gasteiger charge is 2.20. The van der Waals surface area contributed by atoms with Crippen molar-refractivity contribution in [2.45, 2.75) is 11.8 Å². The van der Waals surface area contributed by atoms with E-state index >= 15 is 0 Å². The topological polar surface area (TPSA) is 90.5 Å². The molecule has 0 radical (unpaired) electrons. The molecule has 1 aromatic carbocycles. The molecule has 0 saturated carbocycles. The predicted octanol–water partition coefficient (Wildman–Crippen LogP) is 0.522. The van der Waals surface area contributed by atoms with E-state index in [0.29, 0.717) is 11.0 Å². The third kappa shape index (κ3) is 2.13. The van der Waals surface area contributed by atoms with Gasteiger partial charge in [0.05, 0.1) is 17.6 Å². The Morgan fingerprint density at radius 2 is 1.74 bits per heavy atom. The number of rotatable bonds is 3. The number of aryl methyl sites for hydroxylation is 2. The fraction of sp³-hybridized carbons (Fsp3) is 0.364. The molecule has 0 aliphatic carbocycles. The van der Waals surface area contributed by atoms with Gasteiger partial charge in [0.1, 0.15) is 10.6 Å². The molecule has 0 saturated heterocycles. The van der Waals surface area contributed by atoms with Gasteiger partial charge in [-0.25, -0.2) is 4.79 Å². The van der Waals surface area contributed by atoms with Gasteiger partial charge in [0.2, 0.25) is 0 Å². The van der Waals surface area contributed by atoms with Gasteiger partial charge in [-0.1, -0.05) is 0 Å². The van der Waals surface area contributed by atoms with Crippen molar-refractivity contribution in [1.82, 2.24) is 9.13 Å². The molecule has 7 nitrogen and oxygen atoms in total. The lowest BCUT2D eigenvalue weighted by Crippen LogP contribution is -2.19. The standard InChI is InChI=1S/C11H14N2O5S/c1-4-18-9-5-7-8(6-10(9)19(15,16)17)13(3)11(14)12(7)2/h5-6H,4H2,1-3H3,(H,15,16,17). The molecule has 0 spiro atoms. The zero-order chi connectivity index (χ0) is 14.4. The van der Waals surface area contributed by atoms with Crippen LogP contribution in [0.5, 0.6) is 5.75 Å². The van der Waals surface area contributed by atoms with Crippen molar-refractivity contribution < 1.29 is 17.7 Å². The summed E-state index contributed by atoms with van der Waals surface area (Å²) in [5.41, 5.74) is 0.650. The fourth-order valence-corrected chi connectivity index (χ4v) is 2.61. The van der Waals surface area contributed by atoms with E-state index < -0.39 is 10.1 Å². The van der Waals surface area contributed by atoms with Crippen molar-refractivity contribution in [2.24, 2.45) is 14.1 Å². The number of imidazole rings is 1. The summed E-state index contributed by atoms with van der Waals surface area (Å²) < 4.78 is 39.8. The second-order valence-electron chi connectivity index (χ2n) is 4.10. The summed E-state index contributed by atoms with van der Waals surface area (Å²) in [7, 11) is -1.31. The third-order valence-electron chi connectivity index (χ3n) is 2.92. The highest BCUT2D eigenvalue weighted by atomic mass is 32.2. The Morgan fingerprint density at radius 1 is 1.21 bits per heavy atom. The molecule has 0 bridgehead atoms. The van der Waals surface area contributed by atoms with Gasteiger partial charge < -0.3 is 4.74 Å². The Labute approximate surface area is 109 Å². The predicted molar refractivity (Wildman–Crippen MR) is 69.1 cm³/mol. The van der Waals surface area contributed by atoms with E-state index in [1.54, 1.807) is 14.0 Å². The SMILES string of the molecule is CCOc1cc2c(cc1S(=O)(=O)O)n(C)c(=O)n2C. The number of ether oxygens (including phenoxy) is 1. The van der Waals surface area contributed by atoms with E-state index in [2.05, 4.69) is 0 Å². The fourth-order valence-electron chi connectivity index (χ4n) is 1.98. The number of aromatic nitrogens is 2. The van der Waals surface area contributed by atoms with Gasteiger partial charge in [-0.3, -0.25) is 13.7 Å². The summed E-state index contributed by atoms with van der Waals surface area (Å²) in [6.07, 6.45) is 0. The van der Waals surface area contributed by atoms with Crippen LogP contribution in [0, 0.1) is 0 Å². The molecular formula is C11H14N2O5S. The van der Waals surface area contributed by atoms with Crippen LogP contribution in [-0.4, -0.2) is 28.7 Å². The van der Waals surface area contributed by atoms with Crippen molar-refractivity contribution in [2.75, 3.05) is 6.61 Å². The van der Waals surface area contributed by atoms with Gasteiger partial charge in [0.25, 0.3) is 10.1 Å². The number of fused-ring (bicyclic) bond motifs is 1. The quantitative estimate of drug-likeness (QED) is 0.831. The summed E-state index contributed by atoms with van der Waals surface area (Å²) in [4.78, 5) is 11.4. The van der Waals surface area contributed by atoms with E-state index in [4.69, 9.17) is 4.74 Å². The van der Waals surface area contributed by atoms with Crippen molar-refractivity contribution in [3.8, 4) is 5.75 Å². The minimum atomic E-state index is -4.42. The average molecular weight is 286 g/mol. The van der Waals surface area contributed by atoms with Crippen LogP contribution < -0.4 is 10.4 Å². The Hall–Kier alpha value is -1.80. The van der Waals surface area contributed by atoms with Gasteiger partial charge in [-0.15, -0.1) is 0 Å². The third-order valence-corrected chi connectivity index (χ3v) is 3.79. The molecule has 2 aromatic rings. The van der Waals surface area contributed by atoms with Crippen molar-refractivity contribution in [3.05, 3.63) is 22.6 Å². The Balaban J connectivity index is 2.93. The minimum Gasteiger partial charge on any atom is -0.492 e. The van der Waals surface area contributed by atoms with E-state index in [1.807, 2.05) is 0 Å². The molecule has 19 heavy (non-hydrogen) atoms. The molecule has 0 aliphatic heterocycles. The molecule has 0 atom stereocenters. The summed E-state index contributed by atoms with van der Waals surface area (Å²) in [5.74, 6) is 0.0266. The van der Waals surface area contributed by atoms with Crippen LogP contribution >= 0.6 is 0 Å². The van der Waals surface area contributed by atoms with E-state index in [0.717, 1.165) is 0 Å². The largest absolute Gasteiger partial charge is 0.492 e. The Morgan fingerprint density at radius 3 is 2.21 bits per heavy atom. The smallest absolute Gasteiger partial charge is 0.328 e. The molecule has 0 amide bonds. The monoisotopic (exact) mass is 286 g/mol. The van der Waals surface area contributed by atoms with Crippen LogP contribution in [0.25, 0.3) is 11.0 Å². The number of hydrogen-bond donors (Lipinski definition) is 1. The van der Waals surface area contributed by atoms with Crippen molar-refractivity contribution >= 4 is 21.2 Å². The lowest BCUT2D eigenvalue weighted by Gasteiger charge is -2.08. The first-order valence-electron chi connectivity index (χ1n) is 5.57. The second kappa shape index (κ2) is 4.39. The molecule has 0 unspecified atom stereocenters. The zero-order valence-corrected chi connectivity index (χ0v) is 11.6. The lowest BCUT2D eigenvalue weighted by molar-refractivity contribution is 0.329. The van der Waals surface area contributed by atoms with E-state index in [9.17, 15) is 17.8 Å². The highest BCUT2D eigenvalue weighted by Crippen LogP contribution is 2.28. The summed E-state index contributed by atoms with van der Waals surface area (Å²) in [6.45, 7) is 1.94. The normalized spacial score (nSPS) is 12.0. The second-order valence-corrected chi connectivity index (χ2v) is 5.49. The van der Waals surface area contributed by atoms with Gasteiger partial charge >= 0.3 is 5.69 Å². The van der Waals surface area contributed by atoms with Crippen LogP contribution in [0.4, 0.5) is 0 Å². The van der Waals surface area contributed by atoms with Crippen LogP contribution in [-0.2, 0) is 24.2 Å². The first kappa shape index (κ1) is 13.6. The van der Waals surface area contributed by atoms with Gasteiger partial charge in [-0.05, 0) is 13.0 Å². The lowest BCUT2D eigenvalue weighted by atomic mass is 10.3. The Kier molecular flexibility index (Phi) is 3.15. The minimum absolute atomic E-state index is 0.0266. The summed E-state index contributed by atoms with van der Waals surface area (Å²) in [6, 6.07) is 2.67. The van der Waals surface area contributed by atoms with E-state index in [1.165, 1.54) is 28.3 Å². The first-order chi connectivity index (χ1) is 8.77. The van der Waals surface area contributed by atoms with Crippen LogP contribution in [0.1, 0.15) is 6.92 Å². The summed E-state index contributed by atoms with van der Waals surface area (Å²) >= 11 is 0. The molecule has 8 heteroatoms. The number of benzene rings is 1. The maximum Gasteiger partial charge on any atom is 0.328 e. The zero-order valence-electron chi connectivity index (χ0n) is 10.7. The van der Waals surface area contributed by atoms with Gasteiger partial charge in [0, 0.05) is 20.2 Å². The summed E-state index contributed by atoms with van der Waals surface area (Å²) in [5, 5.41) is 0. The molecule has 2 rings (SSSR count). The van der Waals surface area contributed by atoms with Gasteiger partial charge in [0.15, 0.2) is 0 Å². The maximum atomic E-state index is 11.8. The number of hydrogen-bond acceptors (Lipinski definition) is 4.